The number of carbonyl (C=O) groups excluding carboxylic acids is 2. The molecule has 1 aromatic carbocycles. The Kier molecular flexibility index (Phi) is 6.31. The summed E-state index contributed by atoms with van der Waals surface area (Å²) in [6.45, 7) is 0.564. The van der Waals surface area contributed by atoms with Crippen LogP contribution in [0.5, 0.6) is 0 Å². The predicted octanol–water partition coefficient (Wildman–Crippen LogP) is 0.292. The van der Waals surface area contributed by atoms with E-state index < -0.39 is 21.8 Å². The van der Waals surface area contributed by atoms with Gasteiger partial charge in [0.2, 0.25) is 21.8 Å². The molecule has 0 atom stereocenters. The Balaban J connectivity index is 1.68. The largest absolute Gasteiger partial charge is 0.467 e. The van der Waals surface area contributed by atoms with E-state index in [1.54, 1.807) is 24.3 Å². The van der Waals surface area contributed by atoms with E-state index in [1.807, 2.05) is 0 Å². The number of amides is 2. The third-order valence-electron chi connectivity index (χ3n) is 3.35. The van der Waals surface area contributed by atoms with Crippen molar-refractivity contribution in [2.75, 3.05) is 6.54 Å². The summed E-state index contributed by atoms with van der Waals surface area (Å²) in [4.78, 5) is 23.4. The Hall–Kier alpha value is -2.65. The van der Waals surface area contributed by atoms with E-state index in [9.17, 15) is 18.0 Å². The van der Waals surface area contributed by atoms with E-state index in [4.69, 9.17) is 9.56 Å². The van der Waals surface area contributed by atoms with Gasteiger partial charge >= 0.3 is 0 Å². The number of benzene rings is 1. The van der Waals surface area contributed by atoms with E-state index in [1.165, 1.54) is 18.4 Å². The summed E-state index contributed by atoms with van der Waals surface area (Å²) in [5.41, 5.74) is 0.843. The number of primary sulfonamides is 1. The average molecular weight is 365 g/mol. The number of hydrogen-bond donors (Lipinski definition) is 3. The molecule has 25 heavy (non-hydrogen) atoms. The molecular formula is C16H19N3O5S. The first-order valence-electron chi connectivity index (χ1n) is 7.52. The standard InChI is InChI=1S/C16H19N3O5S/c17-25(22,23)14-5-3-12(4-6-14)7-8-18-15(20)10-16(21)19-11-13-2-1-9-24-13/h1-6,9H,7-8,10-11H2,(H,18,20)(H,19,21)(H2,17,22,23). The van der Waals surface area contributed by atoms with Crippen LogP contribution in [0.1, 0.15) is 17.7 Å². The Morgan fingerprint density at radius 2 is 1.72 bits per heavy atom. The van der Waals surface area contributed by atoms with Crippen LogP contribution in [0.25, 0.3) is 0 Å². The quantitative estimate of drug-likeness (QED) is 0.579. The molecule has 0 spiro atoms. The van der Waals surface area contributed by atoms with Gasteiger partial charge in [-0.15, -0.1) is 0 Å². The number of nitrogens with one attached hydrogen (secondary N) is 2. The number of nitrogens with two attached hydrogens (primary N) is 1. The molecule has 0 unspecified atom stereocenters. The molecule has 4 N–H and O–H groups in total. The summed E-state index contributed by atoms with van der Waals surface area (Å²) in [7, 11) is -3.71. The first-order valence-corrected chi connectivity index (χ1v) is 9.07. The number of hydrogen-bond acceptors (Lipinski definition) is 5. The maximum atomic E-state index is 11.7. The van der Waals surface area contributed by atoms with Crippen LogP contribution in [0.2, 0.25) is 0 Å². The van der Waals surface area contributed by atoms with Crippen molar-refractivity contribution in [3.8, 4) is 0 Å². The van der Waals surface area contributed by atoms with Crippen LogP contribution in [0.4, 0.5) is 0 Å². The molecule has 2 rings (SSSR count). The van der Waals surface area contributed by atoms with Gasteiger partial charge in [0.1, 0.15) is 12.2 Å². The highest BCUT2D eigenvalue weighted by Gasteiger charge is 2.10. The number of carbonyl (C=O) groups is 2. The summed E-state index contributed by atoms with van der Waals surface area (Å²) in [6, 6.07) is 9.51. The van der Waals surface area contributed by atoms with Crippen LogP contribution in [-0.4, -0.2) is 26.8 Å². The molecule has 0 radical (unpaired) electrons. The third kappa shape index (κ3) is 6.40. The van der Waals surface area contributed by atoms with Crippen LogP contribution in [0, 0.1) is 0 Å². The highest BCUT2D eigenvalue weighted by molar-refractivity contribution is 7.89. The lowest BCUT2D eigenvalue weighted by Gasteiger charge is -2.06. The molecular weight excluding hydrogens is 346 g/mol. The van der Waals surface area contributed by atoms with Gasteiger partial charge in [-0.25, -0.2) is 13.6 Å². The van der Waals surface area contributed by atoms with Crippen molar-refractivity contribution < 1.29 is 22.4 Å². The molecule has 2 amide bonds. The second-order valence-corrected chi connectivity index (χ2v) is 6.88. The minimum atomic E-state index is -3.71. The van der Waals surface area contributed by atoms with Crippen LogP contribution in [0.15, 0.2) is 52.0 Å². The molecule has 0 saturated carbocycles. The smallest absolute Gasteiger partial charge is 0.238 e. The van der Waals surface area contributed by atoms with E-state index >= 15 is 0 Å². The monoisotopic (exact) mass is 365 g/mol. The van der Waals surface area contributed by atoms with E-state index in [0.717, 1.165) is 5.56 Å². The van der Waals surface area contributed by atoms with Crippen molar-refractivity contribution >= 4 is 21.8 Å². The molecule has 8 nitrogen and oxygen atoms in total. The molecule has 0 aliphatic carbocycles. The highest BCUT2D eigenvalue weighted by atomic mass is 32.2. The zero-order valence-corrected chi connectivity index (χ0v) is 14.2. The fourth-order valence-electron chi connectivity index (χ4n) is 2.06. The summed E-state index contributed by atoms with van der Waals surface area (Å²) >= 11 is 0. The number of sulfonamides is 1. The lowest BCUT2D eigenvalue weighted by molar-refractivity contribution is -0.129. The van der Waals surface area contributed by atoms with Crippen molar-refractivity contribution in [2.24, 2.45) is 5.14 Å². The lowest BCUT2D eigenvalue weighted by atomic mass is 10.1. The fourth-order valence-corrected chi connectivity index (χ4v) is 2.58. The van der Waals surface area contributed by atoms with Crippen molar-refractivity contribution in [3.05, 3.63) is 54.0 Å². The molecule has 0 aliphatic rings. The highest BCUT2D eigenvalue weighted by Crippen LogP contribution is 2.08. The minimum absolute atomic E-state index is 0.0357. The normalized spacial score (nSPS) is 11.1. The Bertz CT molecular complexity index is 814. The van der Waals surface area contributed by atoms with Gasteiger partial charge in [0.15, 0.2) is 0 Å². The van der Waals surface area contributed by atoms with Gasteiger partial charge < -0.3 is 15.1 Å². The molecule has 0 fully saturated rings. The van der Waals surface area contributed by atoms with Gasteiger partial charge in [-0.05, 0) is 36.2 Å². The Morgan fingerprint density at radius 1 is 1.04 bits per heavy atom. The van der Waals surface area contributed by atoms with Crippen molar-refractivity contribution in [1.82, 2.24) is 10.6 Å². The number of furan rings is 1. The Morgan fingerprint density at radius 3 is 2.32 bits per heavy atom. The zero-order chi connectivity index (χ0) is 18.3. The molecule has 2 aromatic rings. The lowest BCUT2D eigenvalue weighted by Crippen LogP contribution is -2.32. The van der Waals surface area contributed by atoms with Gasteiger partial charge in [0, 0.05) is 6.54 Å². The van der Waals surface area contributed by atoms with Crippen LogP contribution >= 0.6 is 0 Å². The first-order chi connectivity index (χ1) is 11.8. The van der Waals surface area contributed by atoms with Crippen molar-refractivity contribution in [2.45, 2.75) is 24.3 Å². The molecule has 134 valence electrons. The predicted molar refractivity (Wildman–Crippen MR) is 89.7 cm³/mol. The van der Waals surface area contributed by atoms with E-state index in [-0.39, 0.29) is 17.9 Å². The number of rotatable bonds is 8. The SMILES string of the molecule is NS(=O)(=O)c1ccc(CCNC(=O)CC(=O)NCc2ccco2)cc1. The molecule has 1 heterocycles. The molecule has 9 heteroatoms. The van der Waals surface area contributed by atoms with Gasteiger partial charge in [0.05, 0.1) is 17.7 Å². The third-order valence-corrected chi connectivity index (χ3v) is 4.28. The maximum Gasteiger partial charge on any atom is 0.238 e. The fraction of sp³-hybridized carbons (Fsp3) is 0.250. The topological polar surface area (TPSA) is 132 Å². The van der Waals surface area contributed by atoms with Gasteiger partial charge in [0.25, 0.3) is 0 Å². The average Bonchev–Trinajstić information content (AvgIpc) is 3.06. The van der Waals surface area contributed by atoms with E-state index in [0.29, 0.717) is 18.7 Å². The minimum Gasteiger partial charge on any atom is -0.467 e. The van der Waals surface area contributed by atoms with Gasteiger partial charge in [-0.2, -0.15) is 0 Å². The molecule has 0 saturated heterocycles. The second kappa shape index (κ2) is 8.45. The Labute approximate surface area is 145 Å². The van der Waals surface area contributed by atoms with Crippen LogP contribution < -0.4 is 15.8 Å². The molecule has 0 bridgehead atoms. The van der Waals surface area contributed by atoms with Crippen molar-refractivity contribution in [3.63, 3.8) is 0 Å². The first kappa shape index (κ1) is 18.7. The molecule has 0 aliphatic heterocycles. The summed E-state index contributed by atoms with van der Waals surface area (Å²) in [5, 5.41) is 10.2. The summed E-state index contributed by atoms with van der Waals surface area (Å²) < 4.78 is 27.4. The van der Waals surface area contributed by atoms with Gasteiger partial charge in [-0.1, -0.05) is 12.1 Å². The van der Waals surface area contributed by atoms with E-state index in [2.05, 4.69) is 10.6 Å². The van der Waals surface area contributed by atoms with Crippen molar-refractivity contribution in [1.29, 1.82) is 0 Å². The van der Waals surface area contributed by atoms with Crippen LogP contribution in [0.3, 0.4) is 0 Å². The molecule has 1 aromatic heterocycles. The van der Waals surface area contributed by atoms with Crippen LogP contribution in [-0.2, 0) is 32.6 Å². The summed E-state index contributed by atoms with van der Waals surface area (Å²) in [5.74, 6) is -0.179. The van der Waals surface area contributed by atoms with Gasteiger partial charge in [-0.3, -0.25) is 9.59 Å². The maximum absolute atomic E-state index is 11.7. The second-order valence-electron chi connectivity index (χ2n) is 5.32. The zero-order valence-electron chi connectivity index (χ0n) is 13.4. The summed E-state index contributed by atoms with van der Waals surface area (Å²) in [6.07, 6.45) is 1.74.